The first-order chi connectivity index (χ1) is 11.6. The van der Waals surface area contributed by atoms with E-state index in [0.717, 1.165) is 5.56 Å². The van der Waals surface area contributed by atoms with Crippen molar-refractivity contribution in [1.29, 1.82) is 0 Å². The molecule has 1 aliphatic heterocycles. The molecule has 0 saturated carbocycles. The lowest BCUT2D eigenvalue weighted by Crippen LogP contribution is -2.44. The van der Waals surface area contributed by atoms with Gasteiger partial charge in [-0.1, -0.05) is 36.4 Å². The molecule has 7 heteroatoms. The van der Waals surface area contributed by atoms with E-state index in [9.17, 15) is 14.4 Å². The molecule has 1 saturated heterocycles. The number of carbonyl (C=O) groups excluding carboxylic acids is 3. The van der Waals surface area contributed by atoms with Crippen molar-refractivity contribution >= 4 is 29.1 Å². The Morgan fingerprint density at radius 1 is 1.12 bits per heavy atom. The molecule has 1 atom stereocenters. The molecule has 1 fully saturated rings. The summed E-state index contributed by atoms with van der Waals surface area (Å²) in [4.78, 5) is 38.2. The molecule has 2 aromatic rings. The highest BCUT2D eigenvalue weighted by atomic mass is 32.1. The highest BCUT2D eigenvalue weighted by Gasteiger charge is 2.34. The molecule has 0 spiro atoms. The van der Waals surface area contributed by atoms with Gasteiger partial charge in [-0.3, -0.25) is 25.2 Å². The predicted octanol–water partition coefficient (Wildman–Crippen LogP) is 1.56. The van der Waals surface area contributed by atoms with Gasteiger partial charge in [0.05, 0.1) is 10.8 Å². The van der Waals surface area contributed by atoms with Gasteiger partial charge in [-0.2, -0.15) is 0 Å². The quantitative estimate of drug-likeness (QED) is 0.827. The minimum absolute atomic E-state index is 0.0522. The van der Waals surface area contributed by atoms with Crippen LogP contribution in [0.5, 0.6) is 0 Å². The third-order valence-corrected chi connectivity index (χ3v) is 4.71. The molecule has 24 heavy (non-hydrogen) atoms. The largest absolute Gasteiger partial charge is 0.338 e. The van der Waals surface area contributed by atoms with Gasteiger partial charge >= 0.3 is 0 Å². The average molecular weight is 343 g/mol. The topological polar surface area (TPSA) is 78.5 Å². The Morgan fingerprint density at radius 2 is 1.92 bits per heavy atom. The summed E-state index contributed by atoms with van der Waals surface area (Å²) in [7, 11) is 0. The minimum Gasteiger partial charge on any atom is -0.338 e. The highest BCUT2D eigenvalue weighted by Crippen LogP contribution is 2.20. The van der Waals surface area contributed by atoms with E-state index in [4.69, 9.17) is 0 Å². The number of benzene rings is 1. The van der Waals surface area contributed by atoms with Gasteiger partial charge < -0.3 is 4.90 Å². The van der Waals surface area contributed by atoms with Crippen molar-refractivity contribution in [2.45, 2.75) is 13.0 Å². The lowest BCUT2D eigenvalue weighted by atomic mass is 10.1. The second kappa shape index (κ2) is 7.27. The lowest BCUT2D eigenvalue weighted by molar-refractivity contribution is -0.129. The third-order valence-electron chi connectivity index (χ3n) is 3.85. The van der Waals surface area contributed by atoms with Gasteiger partial charge in [0.15, 0.2) is 0 Å². The van der Waals surface area contributed by atoms with Crippen LogP contribution >= 0.6 is 11.3 Å². The molecule has 1 aliphatic rings. The van der Waals surface area contributed by atoms with E-state index in [1.165, 1.54) is 11.3 Å². The van der Waals surface area contributed by atoms with Crippen LogP contribution in [0.3, 0.4) is 0 Å². The molecule has 2 heterocycles. The molecule has 1 aromatic heterocycles. The predicted molar refractivity (Wildman–Crippen MR) is 89.9 cm³/mol. The summed E-state index contributed by atoms with van der Waals surface area (Å²) in [6, 6.07) is 13.1. The SMILES string of the molecule is O=C(NNC(=O)C1CC(=O)N(Cc2ccccc2)C1)c1cccs1. The molecule has 0 radical (unpaired) electrons. The Hall–Kier alpha value is -2.67. The Balaban J connectivity index is 1.51. The Labute approximate surface area is 143 Å². The van der Waals surface area contributed by atoms with Gasteiger partial charge in [-0.25, -0.2) is 0 Å². The van der Waals surface area contributed by atoms with Crippen LogP contribution in [-0.4, -0.2) is 29.2 Å². The van der Waals surface area contributed by atoms with Crippen LogP contribution in [0.15, 0.2) is 47.8 Å². The first-order valence-electron chi connectivity index (χ1n) is 7.59. The van der Waals surface area contributed by atoms with Crippen molar-refractivity contribution in [2.24, 2.45) is 5.92 Å². The Morgan fingerprint density at radius 3 is 2.62 bits per heavy atom. The number of amides is 3. The van der Waals surface area contributed by atoms with Crippen molar-refractivity contribution in [3.05, 3.63) is 58.3 Å². The third kappa shape index (κ3) is 3.80. The summed E-state index contributed by atoms with van der Waals surface area (Å²) >= 11 is 1.29. The zero-order valence-corrected chi connectivity index (χ0v) is 13.7. The van der Waals surface area contributed by atoms with E-state index in [0.29, 0.717) is 18.0 Å². The number of hydrogen-bond acceptors (Lipinski definition) is 4. The summed E-state index contributed by atoms with van der Waals surface area (Å²) in [5.41, 5.74) is 5.82. The van der Waals surface area contributed by atoms with Gasteiger partial charge in [0.25, 0.3) is 5.91 Å². The molecule has 3 rings (SSSR count). The first kappa shape index (κ1) is 16.2. The van der Waals surface area contributed by atoms with Crippen molar-refractivity contribution in [3.63, 3.8) is 0 Å². The van der Waals surface area contributed by atoms with Gasteiger partial charge in [-0.05, 0) is 17.0 Å². The number of likely N-dealkylation sites (tertiary alicyclic amines) is 1. The molecule has 6 nitrogen and oxygen atoms in total. The van der Waals surface area contributed by atoms with Crippen LogP contribution in [0.25, 0.3) is 0 Å². The molecule has 124 valence electrons. The van der Waals surface area contributed by atoms with Crippen molar-refractivity contribution in [1.82, 2.24) is 15.8 Å². The number of nitrogens with zero attached hydrogens (tertiary/aromatic N) is 1. The van der Waals surface area contributed by atoms with Crippen LogP contribution in [-0.2, 0) is 16.1 Å². The molecule has 0 bridgehead atoms. The van der Waals surface area contributed by atoms with Crippen molar-refractivity contribution in [2.75, 3.05) is 6.54 Å². The summed E-state index contributed by atoms with van der Waals surface area (Å²) in [6.07, 6.45) is 0.160. The molecule has 1 unspecified atom stereocenters. The maximum absolute atomic E-state index is 12.2. The maximum atomic E-state index is 12.2. The fraction of sp³-hybridized carbons (Fsp3) is 0.235. The van der Waals surface area contributed by atoms with Crippen LogP contribution < -0.4 is 10.9 Å². The normalized spacial score (nSPS) is 16.9. The fourth-order valence-corrected chi connectivity index (χ4v) is 3.21. The molecular formula is C17H17N3O3S. The number of rotatable bonds is 4. The second-order valence-electron chi connectivity index (χ2n) is 5.58. The molecule has 1 aromatic carbocycles. The molecule has 2 N–H and O–H groups in total. The zero-order chi connectivity index (χ0) is 16.9. The van der Waals surface area contributed by atoms with Crippen molar-refractivity contribution < 1.29 is 14.4 Å². The maximum Gasteiger partial charge on any atom is 0.279 e. The fourth-order valence-electron chi connectivity index (χ4n) is 2.59. The van der Waals surface area contributed by atoms with E-state index in [2.05, 4.69) is 10.9 Å². The summed E-state index contributed by atoms with van der Waals surface area (Å²) in [5, 5.41) is 1.79. The number of thiophene rings is 1. The standard InChI is InChI=1S/C17H17N3O3S/c21-15-9-13(11-20(15)10-12-5-2-1-3-6-12)16(22)18-19-17(23)14-7-4-8-24-14/h1-8,13H,9-11H2,(H,18,22)(H,19,23). The zero-order valence-electron chi connectivity index (χ0n) is 12.9. The van der Waals surface area contributed by atoms with Crippen molar-refractivity contribution in [3.8, 4) is 0 Å². The number of hydrogen-bond donors (Lipinski definition) is 2. The van der Waals surface area contributed by atoms with E-state index in [-0.39, 0.29) is 24.1 Å². The monoisotopic (exact) mass is 343 g/mol. The van der Waals surface area contributed by atoms with Crippen LogP contribution in [0.2, 0.25) is 0 Å². The van der Waals surface area contributed by atoms with E-state index in [1.807, 2.05) is 30.3 Å². The molecule has 0 aliphatic carbocycles. The summed E-state index contributed by atoms with van der Waals surface area (Å²) in [6.45, 7) is 0.847. The van der Waals surface area contributed by atoms with Crippen LogP contribution in [0.4, 0.5) is 0 Å². The number of hydrazine groups is 1. The van der Waals surface area contributed by atoms with E-state index in [1.54, 1.807) is 22.4 Å². The van der Waals surface area contributed by atoms with Crippen LogP contribution in [0.1, 0.15) is 21.7 Å². The van der Waals surface area contributed by atoms with E-state index < -0.39 is 5.92 Å². The summed E-state index contributed by atoms with van der Waals surface area (Å²) < 4.78 is 0. The van der Waals surface area contributed by atoms with E-state index >= 15 is 0 Å². The average Bonchev–Trinajstić information content (AvgIpc) is 3.24. The van der Waals surface area contributed by atoms with Gasteiger partial charge in [-0.15, -0.1) is 11.3 Å². The second-order valence-corrected chi connectivity index (χ2v) is 6.53. The van der Waals surface area contributed by atoms with Gasteiger partial charge in [0.1, 0.15) is 0 Å². The molecule has 3 amide bonds. The summed E-state index contributed by atoms with van der Waals surface area (Å²) in [5.74, 6) is -1.21. The van der Waals surface area contributed by atoms with Crippen LogP contribution in [0, 0.1) is 5.92 Å². The Kier molecular flexibility index (Phi) is 4.90. The Bertz CT molecular complexity index is 731. The minimum atomic E-state index is -0.454. The lowest BCUT2D eigenvalue weighted by Gasteiger charge is -2.16. The van der Waals surface area contributed by atoms with Gasteiger partial charge in [0, 0.05) is 19.5 Å². The molecular weight excluding hydrogens is 326 g/mol. The van der Waals surface area contributed by atoms with Gasteiger partial charge in [0.2, 0.25) is 11.8 Å². The number of carbonyl (C=O) groups is 3. The smallest absolute Gasteiger partial charge is 0.279 e. The number of nitrogens with one attached hydrogen (secondary N) is 2. The highest BCUT2D eigenvalue weighted by molar-refractivity contribution is 7.12. The first-order valence-corrected chi connectivity index (χ1v) is 8.47.